The Morgan fingerprint density at radius 2 is 2.00 bits per heavy atom. The van der Waals surface area contributed by atoms with Gasteiger partial charge in [-0.05, 0) is 44.9 Å². The maximum atomic E-state index is 13.6. The molecule has 3 aromatic rings. The molecule has 2 amide bonds. The monoisotopic (exact) mass is 606 g/mol. The first-order valence-electron chi connectivity index (χ1n) is 13.4. The first-order chi connectivity index (χ1) is 19.9. The van der Waals surface area contributed by atoms with Crippen LogP contribution in [0.25, 0.3) is 11.3 Å². The predicted octanol–water partition coefficient (Wildman–Crippen LogP) is 5.75. The van der Waals surface area contributed by atoms with E-state index in [1.54, 1.807) is 19.9 Å². The number of aromatic nitrogens is 3. The number of nitrogens with one attached hydrogen (secondary N) is 1. The van der Waals surface area contributed by atoms with Gasteiger partial charge < -0.3 is 19.5 Å². The Morgan fingerprint density at radius 1 is 1.19 bits per heavy atom. The van der Waals surface area contributed by atoms with Gasteiger partial charge in [-0.3, -0.25) is 10.2 Å². The standard InChI is InChI=1S/C28H30ClF3N6O4/c1-27(2,40)42-11-5-10-41-23-15-33-22(14-34-23)35-26(39)38-19-8-4-9-37(16-19)21-13-20(29)24(36-25(21)38)17-6-3-7-18(12-17)28(30,31)32/h3,6-7,12-15,19,40H,4-5,8-11,16H2,1-2H3,(H,33,35,39). The molecule has 0 aliphatic carbocycles. The molecule has 14 heteroatoms. The minimum Gasteiger partial charge on any atom is -0.476 e. The summed E-state index contributed by atoms with van der Waals surface area (Å²) >= 11 is 6.55. The van der Waals surface area contributed by atoms with Crippen molar-refractivity contribution in [3.05, 3.63) is 53.3 Å². The van der Waals surface area contributed by atoms with E-state index in [1.165, 1.54) is 29.4 Å². The van der Waals surface area contributed by atoms with Crippen LogP contribution in [-0.2, 0) is 10.9 Å². The van der Waals surface area contributed by atoms with Crippen LogP contribution < -0.4 is 19.9 Å². The Kier molecular flexibility index (Phi) is 8.44. The third-order valence-electron chi connectivity index (χ3n) is 6.81. The first kappa shape index (κ1) is 29.8. The Hall–Kier alpha value is -3.68. The zero-order valence-electron chi connectivity index (χ0n) is 23.0. The van der Waals surface area contributed by atoms with Crippen LogP contribution in [0.1, 0.15) is 38.7 Å². The molecule has 1 saturated heterocycles. The summed E-state index contributed by atoms with van der Waals surface area (Å²) in [5.74, 6) is -0.470. The van der Waals surface area contributed by atoms with E-state index in [1.807, 2.05) is 0 Å². The number of hydrogen-bond donors (Lipinski definition) is 2. The van der Waals surface area contributed by atoms with Crippen molar-refractivity contribution in [1.29, 1.82) is 0 Å². The number of urea groups is 1. The normalized spacial score (nSPS) is 16.7. The van der Waals surface area contributed by atoms with Gasteiger partial charge in [0.05, 0.1) is 53.6 Å². The summed E-state index contributed by atoms with van der Waals surface area (Å²) in [6.45, 7) is 4.99. The van der Waals surface area contributed by atoms with Crippen LogP contribution in [-0.4, -0.2) is 64.2 Å². The number of carbonyl (C=O) groups is 1. The van der Waals surface area contributed by atoms with Crippen LogP contribution in [0.4, 0.5) is 35.3 Å². The molecule has 4 heterocycles. The van der Waals surface area contributed by atoms with Gasteiger partial charge in [-0.1, -0.05) is 23.7 Å². The summed E-state index contributed by atoms with van der Waals surface area (Å²) in [5, 5.41) is 12.5. The second-order valence-corrected chi connectivity index (χ2v) is 10.9. The molecule has 1 aromatic carbocycles. The zero-order chi connectivity index (χ0) is 30.1. The molecule has 224 valence electrons. The second kappa shape index (κ2) is 11.9. The Morgan fingerprint density at radius 3 is 2.71 bits per heavy atom. The molecule has 2 aromatic heterocycles. The largest absolute Gasteiger partial charge is 0.476 e. The number of anilines is 3. The fourth-order valence-corrected chi connectivity index (χ4v) is 5.18. The summed E-state index contributed by atoms with van der Waals surface area (Å²) < 4.78 is 50.9. The first-order valence-corrected chi connectivity index (χ1v) is 13.8. The molecule has 0 radical (unpaired) electrons. The van der Waals surface area contributed by atoms with Crippen molar-refractivity contribution < 1.29 is 32.5 Å². The number of nitrogens with zero attached hydrogens (tertiary/aromatic N) is 5. The van der Waals surface area contributed by atoms with E-state index in [9.17, 15) is 23.1 Å². The summed E-state index contributed by atoms with van der Waals surface area (Å²) in [7, 11) is 0. The van der Waals surface area contributed by atoms with Gasteiger partial charge in [-0.2, -0.15) is 13.2 Å². The highest BCUT2D eigenvalue weighted by Gasteiger charge is 2.39. The van der Waals surface area contributed by atoms with Crippen LogP contribution in [0.15, 0.2) is 42.7 Å². The highest BCUT2D eigenvalue weighted by atomic mass is 35.5. The smallest absolute Gasteiger partial charge is 0.416 e. The number of aliphatic hydroxyl groups is 1. The van der Waals surface area contributed by atoms with Crippen molar-refractivity contribution >= 4 is 35.0 Å². The highest BCUT2D eigenvalue weighted by molar-refractivity contribution is 6.33. The van der Waals surface area contributed by atoms with E-state index < -0.39 is 23.6 Å². The molecule has 10 nitrogen and oxygen atoms in total. The number of rotatable bonds is 8. The number of piperidine rings is 1. The minimum absolute atomic E-state index is 0.148. The fraction of sp³-hybridized carbons (Fsp3) is 0.429. The molecule has 0 spiro atoms. The summed E-state index contributed by atoms with van der Waals surface area (Å²) in [6, 6.07) is 5.72. The van der Waals surface area contributed by atoms with E-state index in [0.29, 0.717) is 37.7 Å². The predicted molar refractivity (Wildman–Crippen MR) is 151 cm³/mol. The van der Waals surface area contributed by atoms with Gasteiger partial charge in [0.2, 0.25) is 5.88 Å². The van der Waals surface area contributed by atoms with E-state index >= 15 is 0 Å². The van der Waals surface area contributed by atoms with Crippen molar-refractivity contribution in [2.75, 3.05) is 41.4 Å². The van der Waals surface area contributed by atoms with Gasteiger partial charge >= 0.3 is 12.2 Å². The van der Waals surface area contributed by atoms with Crippen molar-refractivity contribution in [2.24, 2.45) is 0 Å². The Balaban J connectivity index is 1.35. The van der Waals surface area contributed by atoms with Crippen molar-refractivity contribution in [1.82, 2.24) is 15.0 Å². The number of hydrogen-bond acceptors (Lipinski definition) is 8. The van der Waals surface area contributed by atoms with Crippen LogP contribution in [0.3, 0.4) is 0 Å². The fourth-order valence-electron chi connectivity index (χ4n) is 4.93. The zero-order valence-corrected chi connectivity index (χ0v) is 23.7. The highest BCUT2D eigenvalue weighted by Crippen LogP contribution is 2.43. The molecule has 1 fully saturated rings. The van der Waals surface area contributed by atoms with Crippen molar-refractivity contribution in [3.63, 3.8) is 0 Å². The van der Waals surface area contributed by atoms with Gasteiger partial charge in [0.25, 0.3) is 0 Å². The molecule has 2 aliphatic heterocycles. The van der Waals surface area contributed by atoms with E-state index in [4.69, 9.17) is 21.1 Å². The molecule has 2 N–H and O–H groups in total. The lowest BCUT2D eigenvalue weighted by Gasteiger charge is -2.46. The maximum absolute atomic E-state index is 13.6. The summed E-state index contributed by atoms with van der Waals surface area (Å²) in [5.41, 5.74) is 0.149. The minimum atomic E-state index is -4.53. The molecule has 5 rings (SSSR count). The molecule has 1 unspecified atom stereocenters. The number of carbonyl (C=O) groups excluding carboxylic acids is 1. The quantitative estimate of drug-likeness (QED) is 0.246. The van der Waals surface area contributed by atoms with Crippen molar-refractivity contribution in [3.8, 4) is 17.1 Å². The van der Waals surface area contributed by atoms with E-state index in [0.717, 1.165) is 31.5 Å². The lowest BCUT2D eigenvalue weighted by atomic mass is 9.99. The van der Waals surface area contributed by atoms with Gasteiger partial charge in [-0.15, -0.1) is 0 Å². The number of halogens is 4. The number of pyridine rings is 1. The van der Waals surface area contributed by atoms with Gasteiger partial charge in [0, 0.05) is 25.1 Å². The molecular formula is C28H30ClF3N6O4. The van der Waals surface area contributed by atoms with Gasteiger partial charge in [0.15, 0.2) is 17.4 Å². The number of amides is 2. The SMILES string of the molecule is CC(C)(O)OCCCOc1cnc(NC(=O)N2c3nc(-c4cccc(C(F)(F)F)c4)c(Cl)cc3N3CCCC2C3)cn1. The average molecular weight is 607 g/mol. The van der Waals surface area contributed by atoms with Crippen LogP contribution in [0, 0.1) is 0 Å². The average Bonchev–Trinajstić information content (AvgIpc) is 2.93. The number of benzene rings is 1. The van der Waals surface area contributed by atoms with Crippen LogP contribution >= 0.6 is 11.6 Å². The summed E-state index contributed by atoms with van der Waals surface area (Å²) in [6.07, 6.45) is 0.301. The second-order valence-electron chi connectivity index (χ2n) is 10.5. The molecule has 2 bridgehead atoms. The topological polar surface area (TPSA) is 113 Å². The van der Waals surface area contributed by atoms with E-state index in [2.05, 4.69) is 25.2 Å². The molecule has 2 aliphatic rings. The number of ether oxygens (including phenoxy) is 2. The summed E-state index contributed by atoms with van der Waals surface area (Å²) in [4.78, 5) is 30.3. The molecular weight excluding hydrogens is 577 g/mol. The lowest BCUT2D eigenvalue weighted by molar-refractivity contribution is -0.176. The van der Waals surface area contributed by atoms with Crippen LogP contribution in [0.5, 0.6) is 5.88 Å². The maximum Gasteiger partial charge on any atom is 0.416 e. The third-order valence-corrected chi connectivity index (χ3v) is 7.09. The van der Waals surface area contributed by atoms with E-state index in [-0.39, 0.29) is 34.0 Å². The Bertz CT molecular complexity index is 1430. The molecule has 0 saturated carbocycles. The lowest BCUT2D eigenvalue weighted by Crippen LogP contribution is -2.56. The van der Waals surface area contributed by atoms with Gasteiger partial charge in [-0.25, -0.2) is 19.7 Å². The third kappa shape index (κ3) is 6.85. The molecule has 1 atom stereocenters. The Labute approximate surface area is 245 Å². The van der Waals surface area contributed by atoms with Crippen LogP contribution in [0.2, 0.25) is 5.02 Å². The van der Waals surface area contributed by atoms with Crippen molar-refractivity contribution in [2.45, 2.75) is 51.1 Å². The molecule has 42 heavy (non-hydrogen) atoms. The van der Waals surface area contributed by atoms with Gasteiger partial charge in [0.1, 0.15) is 0 Å². The number of fused-ring (bicyclic) bond motifs is 4. The number of alkyl halides is 3.